The molecule has 0 bridgehead atoms. The van der Waals surface area contributed by atoms with E-state index in [9.17, 15) is 4.79 Å². The van der Waals surface area contributed by atoms with Crippen LogP contribution in [0.5, 0.6) is 0 Å². The third-order valence-corrected chi connectivity index (χ3v) is 1.74. The number of hydrogen-bond donors (Lipinski definition) is 1. The molecule has 0 saturated heterocycles. The van der Waals surface area contributed by atoms with Crippen LogP contribution in [0.15, 0.2) is 6.33 Å². The van der Waals surface area contributed by atoms with Gasteiger partial charge in [-0.3, -0.25) is 9.89 Å². The van der Waals surface area contributed by atoms with E-state index in [4.69, 9.17) is 0 Å². The summed E-state index contributed by atoms with van der Waals surface area (Å²) in [7, 11) is 1.40. The molecule has 0 spiro atoms. The average Bonchev–Trinajstić information content (AvgIpc) is 2.64. The van der Waals surface area contributed by atoms with E-state index in [0.29, 0.717) is 6.42 Å². The van der Waals surface area contributed by atoms with Crippen LogP contribution in [0, 0.1) is 0 Å². The maximum absolute atomic E-state index is 10.7. The van der Waals surface area contributed by atoms with Gasteiger partial charge in [0.05, 0.1) is 7.11 Å². The summed E-state index contributed by atoms with van der Waals surface area (Å²) in [4.78, 5) is 14.7. The molecule has 0 amide bonds. The molecule has 1 N–H and O–H groups in total. The zero-order valence-corrected chi connectivity index (χ0v) is 7.62. The Kier molecular flexibility index (Phi) is 3.95. The molecule has 0 unspecified atom stereocenters. The van der Waals surface area contributed by atoms with Crippen LogP contribution in [0.4, 0.5) is 0 Å². The number of nitrogens with one attached hydrogen (secondary N) is 1. The van der Waals surface area contributed by atoms with Crippen LogP contribution >= 0.6 is 0 Å². The molecule has 0 aliphatic carbocycles. The molecule has 1 aromatic heterocycles. The Morgan fingerprint density at radius 1 is 1.62 bits per heavy atom. The van der Waals surface area contributed by atoms with Gasteiger partial charge in [0.1, 0.15) is 12.2 Å². The maximum atomic E-state index is 10.7. The zero-order chi connectivity index (χ0) is 9.52. The molecule has 1 aromatic rings. The Hall–Kier alpha value is -1.39. The first kappa shape index (κ1) is 9.70. The number of aromatic amines is 1. The molecule has 1 heterocycles. The minimum atomic E-state index is -0.155. The van der Waals surface area contributed by atoms with E-state index in [1.54, 1.807) is 0 Å². The zero-order valence-electron chi connectivity index (χ0n) is 7.62. The minimum absolute atomic E-state index is 0.155. The number of H-pyrrole nitrogens is 1. The summed E-state index contributed by atoms with van der Waals surface area (Å²) in [6, 6.07) is 0. The molecule has 1 rings (SSSR count). The number of carbonyl (C=O) groups excluding carboxylic acids is 1. The molecule has 0 atom stereocenters. The van der Waals surface area contributed by atoms with E-state index < -0.39 is 0 Å². The number of ether oxygens (including phenoxy) is 1. The van der Waals surface area contributed by atoms with Crippen molar-refractivity contribution in [2.24, 2.45) is 0 Å². The summed E-state index contributed by atoms with van der Waals surface area (Å²) in [6.45, 7) is 0. The van der Waals surface area contributed by atoms with Gasteiger partial charge in [-0.1, -0.05) is 0 Å². The first-order valence-corrected chi connectivity index (χ1v) is 4.24. The SMILES string of the molecule is COC(=O)CCCCc1ncn[nH]1. The molecule has 0 radical (unpaired) electrons. The first-order chi connectivity index (χ1) is 6.33. The summed E-state index contributed by atoms with van der Waals surface area (Å²) in [5.74, 6) is 0.711. The molecule has 0 saturated carbocycles. The van der Waals surface area contributed by atoms with E-state index in [2.05, 4.69) is 19.9 Å². The van der Waals surface area contributed by atoms with Gasteiger partial charge in [-0.05, 0) is 12.8 Å². The van der Waals surface area contributed by atoms with Crippen molar-refractivity contribution < 1.29 is 9.53 Å². The van der Waals surface area contributed by atoms with Crippen LogP contribution in [-0.2, 0) is 16.0 Å². The summed E-state index contributed by atoms with van der Waals surface area (Å²) in [5, 5.41) is 6.49. The van der Waals surface area contributed by atoms with Gasteiger partial charge in [-0.25, -0.2) is 4.98 Å². The van der Waals surface area contributed by atoms with E-state index >= 15 is 0 Å². The highest BCUT2D eigenvalue weighted by atomic mass is 16.5. The second kappa shape index (κ2) is 5.29. The summed E-state index contributed by atoms with van der Waals surface area (Å²) in [5.41, 5.74) is 0. The second-order valence-corrected chi connectivity index (χ2v) is 2.72. The van der Waals surface area contributed by atoms with Crippen LogP contribution < -0.4 is 0 Å². The Labute approximate surface area is 76.5 Å². The normalized spacial score (nSPS) is 9.92. The molecule has 72 valence electrons. The van der Waals surface area contributed by atoms with Gasteiger partial charge in [-0.15, -0.1) is 0 Å². The molecular weight excluding hydrogens is 170 g/mol. The lowest BCUT2D eigenvalue weighted by Crippen LogP contribution is -2.00. The van der Waals surface area contributed by atoms with Gasteiger partial charge in [0, 0.05) is 12.8 Å². The fourth-order valence-electron chi connectivity index (χ4n) is 1.02. The van der Waals surface area contributed by atoms with Crippen molar-refractivity contribution in [1.29, 1.82) is 0 Å². The van der Waals surface area contributed by atoms with E-state index in [0.717, 1.165) is 25.1 Å². The average molecular weight is 183 g/mol. The van der Waals surface area contributed by atoms with Crippen molar-refractivity contribution >= 4 is 5.97 Å². The lowest BCUT2D eigenvalue weighted by Gasteiger charge is -1.97. The first-order valence-electron chi connectivity index (χ1n) is 4.24. The van der Waals surface area contributed by atoms with Gasteiger partial charge in [0.2, 0.25) is 0 Å². The number of carbonyl (C=O) groups is 1. The summed E-state index contributed by atoms with van der Waals surface area (Å²) >= 11 is 0. The Balaban J connectivity index is 2.05. The van der Waals surface area contributed by atoms with E-state index in [1.807, 2.05) is 0 Å². The number of methoxy groups -OCH3 is 1. The molecule has 0 aromatic carbocycles. The predicted molar refractivity (Wildman–Crippen MR) is 46.0 cm³/mol. The van der Waals surface area contributed by atoms with Crippen molar-refractivity contribution in [3.63, 3.8) is 0 Å². The van der Waals surface area contributed by atoms with Crippen LogP contribution in [0.2, 0.25) is 0 Å². The standard InChI is InChI=1S/C8H13N3O2/c1-13-8(12)5-3-2-4-7-9-6-10-11-7/h6H,2-5H2,1H3,(H,9,10,11). The third kappa shape index (κ3) is 3.68. The van der Waals surface area contributed by atoms with Gasteiger partial charge < -0.3 is 4.74 Å². The van der Waals surface area contributed by atoms with Gasteiger partial charge in [-0.2, -0.15) is 5.10 Å². The minimum Gasteiger partial charge on any atom is -0.469 e. The summed E-state index contributed by atoms with van der Waals surface area (Å²) in [6.07, 6.45) is 4.54. The quantitative estimate of drug-likeness (QED) is 0.538. The number of rotatable bonds is 5. The third-order valence-electron chi connectivity index (χ3n) is 1.74. The maximum Gasteiger partial charge on any atom is 0.305 e. The number of aromatic nitrogens is 3. The van der Waals surface area contributed by atoms with E-state index in [1.165, 1.54) is 13.4 Å². The van der Waals surface area contributed by atoms with Gasteiger partial charge in [0.25, 0.3) is 0 Å². The predicted octanol–water partition coefficient (Wildman–Crippen LogP) is 0.690. The second-order valence-electron chi connectivity index (χ2n) is 2.72. The highest BCUT2D eigenvalue weighted by Gasteiger charge is 2.00. The molecule has 5 nitrogen and oxygen atoms in total. The highest BCUT2D eigenvalue weighted by Crippen LogP contribution is 2.01. The molecular formula is C8H13N3O2. The Morgan fingerprint density at radius 2 is 2.46 bits per heavy atom. The number of nitrogens with zero attached hydrogens (tertiary/aromatic N) is 2. The van der Waals surface area contributed by atoms with Gasteiger partial charge in [0.15, 0.2) is 0 Å². The van der Waals surface area contributed by atoms with Crippen molar-refractivity contribution in [3.05, 3.63) is 12.2 Å². The topological polar surface area (TPSA) is 67.9 Å². The fourth-order valence-corrected chi connectivity index (χ4v) is 1.02. The van der Waals surface area contributed by atoms with Crippen LogP contribution in [-0.4, -0.2) is 28.3 Å². The molecule has 5 heteroatoms. The lowest BCUT2D eigenvalue weighted by atomic mass is 10.2. The molecule has 0 fully saturated rings. The molecule has 0 aliphatic heterocycles. The fraction of sp³-hybridized carbons (Fsp3) is 0.625. The number of unbranched alkanes of at least 4 members (excludes halogenated alkanes) is 1. The number of hydrogen-bond acceptors (Lipinski definition) is 4. The van der Waals surface area contributed by atoms with E-state index in [-0.39, 0.29) is 5.97 Å². The Bertz CT molecular complexity index is 246. The Morgan fingerprint density at radius 3 is 3.08 bits per heavy atom. The summed E-state index contributed by atoms with van der Waals surface area (Å²) < 4.78 is 4.51. The lowest BCUT2D eigenvalue weighted by molar-refractivity contribution is -0.140. The van der Waals surface area contributed by atoms with Crippen LogP contribution in [0.1, 0.15) is 25.1 Å². The monoisotopic (exact) mass is 183 g/mol. The van der Waals surface area contributed by atoms with Crippen LogP contribution in [0.3, 0.4) is 0 Å². The largest absolute Gasteiger partial charge is 0.469 e. The molecule has 0 aliphatic rings. The van der Waals surface area contributed by atoms with Crippen molar-refractivity contribution in [3.8, 4) is 0 Å². The number of esters is 1. The van der Waals surface area contributed by atoms with Crippen molar-refractivity contribution in [2.75, 3.05) is 7.11 Å². The highest BCUT2D eigenvalue weighted by molar-refractivity contribution is 5.68. The van der Waals surface area contributed by atoms with Crippen molar-refractivity contribution in [2.45, 2.75) is 25.7 Å². The van der Waals surface area contributed by atoms with Gasteiger partial charge >= 0.3 is 5.97 Å². The van der Waals surface area contributed by atoms with Crippen molar-refractivity contribution in [1.82, 2.24) is 15.2 Å². The number of aryl methyl sites for hydroxylation is 1. The van der Waals surface area contributed by atoms with Crippen LogP contribution in [0.25, 0.3) is 0 Å². The molecule has 13 heavy (non-hydrogen) atoms. The smallest absolute Gasteiger partial charge is 0.305 e.